The van der Waals surface area contributed by atoms with Gasteiger partial charge in [-0.2, -0.15) is 0 Å². The molecule has 0 heterocycles. The average Bonchev–Trinajstić information content (AvgIpc) is 2.22. The molecule has 0 spiro atoms. The molecular formula is C15H32. The molecule has 0 radical (unpaired) electrons. The summed E-state index contributed by atoms with van der Waals surface area (Å²) in [7, 11) is 0. The summed E-state index contributed by atoms with van der Waals surface area (Å²) in [5.41, 5.74) is 0.531. The SMILES string of the molecule is CCCCCCC(C)(C)C(C)C(C)CC. The van der Waals surface area contributed by atoms with Crippen LogP contribution in [0.25, 0.3) is 0 Å². The Morgan fingerprint density at radius 1 is 0.933 bits per heavy atom. The van der Waals surface area contributed by atoms with Crippen molar-refractivity contribution in [2.45, 2.75) is 80.1 Å². The van der Waals surface area contributed by atoms with Gasteiger partial charge in [-0.15, -0.1) is 0 Å². The third-order valence-corrected chi connectivity index (χ3v) is 4.40. The quantitative estimate of drug-likeness (QED) is 0.455. The van der Waals surface area contributed by atoms with Crippen molar-refractivity contribution < 1.29 is 0 Å². The van der Waals surface area contributed by atoms with Gasteiger partial charge in [-0.05, 0) is 23.7 Å². The zero-order chi connectivity index (χ0) is 11.9. The van der Waals surface area contributed by atoms with Gasteiger partial charge in [-0.25, -0.2) is 0 Å². The van der Waals surface area contributed by atoms with E-state index in [4.69, 9.17) is 0 Å². The van der Waals surface area contributed by atoms with E-state index in [9.17, 15) is 0 Å². The summed E-state index contributed by atoms with van der Waals surface area (Å²) in [6, 6.07) is 0. The number of unbranched alkanes of at least 4 members (excludes halogenated alkanes) is 3. The Morgan fingerprint density at radius 3 is 2.00 bits per heavy atom. The Morgan fingerprint density at radius 2 is 1.53 bits per heavy atom. The summed E-state index contributed by atoms with van der Waals surface area (Å²) in [6.07, 6.45) is 8.32. The Balaban J connectivity index is 3.93. The molecule has 0 aliphatic rings. The predicted molar refractivity (Wildman–Crippen MR) is 71.2 cm³/mol. The van der Waals surface area contributed by atoms with Crippen LogP contribution in [0.3, 0.4) is 0 Å². The highest BCUT2D eigenvalue weighted by atomic mass is 14.3. The Labute approximate surface area is 97.8 Å². The van der Waals surface area contributed by atoms with Crippen LogP contribution in [-0.4, -0.2) is 0 Å². The second-order valence-electron chi connectivity index (χ2n) is 5.97. The molecule has 2 unspecified atom stereocenters. The molecule has 0 aromatic rings. The van der Waals surface area contributed by atoms with E-state index in [0.29, 0.717) is 5.41 Å². The van der Waals surface area contributed by atoms with Gasteiger partial charge in [0.1, 0.15) is 0 Å². The molecule has 0 N–H and O–H groups in total. The van der Waals surface area contributed by atoms with Gasteiger partial charge in [-0.3, -0.25) is 0 Å². The van der Waals surface area contributed by atoms with Crippen LogP contribution in [-0.2, 0) is 0 Å². The molecule has 0 aromatic heterocycles. The van der Waals surface area contributed by atoms with Crippen molar-refractivity contribution in [2.75, 3.05) is 0 Å². The molecular weight excluding hydrogens is 180 g/mol. The third kappa shape index (κ3) is 5.58. The maximum absolute atomic E-state index is 2.45. The lowest BCUT2D eigenvalue weighted by Crippen LogP contribution is -2.26. The van der Waals surface area contributed by atoms with E-state index in [1.807, 2.05) is 0 Å². The lowest BCUT2D eigenvalue weighted by atomic mass is 9.70. The zero-order valence-electron chi connectivity index (χ0n) is 11.9. The highest BCUT2D eigenvalue weighted by Crippen LogP contribution is 2.38. The molecule has 0 amide bonds. The first-order chi connectivity index (χ1) is 6.95. The van der Waals surface area contributed by atoms with Crippen molar-refractivity contribution in [1.29, 1.82) is 0 Å². The second-order valence-corrected chi connectivity index (χ2v) is 5.97. The van der Waals surface area contributed by atoms with Gasteiger partial charge in [0.05, 0.1) is 0 Å². The number of rotatable bonds is 8. The van der Waals surface area contributed by atoms with Gasteiger partial charge in [0, 0.05) is 0 Å². The second kappa shape index (κ2) is 7.30. The zero-order valence-corrected chi connectivity index (χ0v) is 11.9. The molecule has 0 heteroatoms. The van der Waals surface area contributed by atoms with Crippen LogP contribution in [0.15, 0.2) is 0 Å². The molecule has 0 saturated heterocycles. The van der Waals surface area contributed by atoms with Crippen molar-refractivity contribution in [3.8, 4) is 0 Å². The van der Waals surface area contributed by atoms with Crippen molar-refractivity contribution in [2.24, 2.45) is 17.3 Å². The molecule has 0 fully saturated rings. The van der Waals surface area contributed by atoms with E-state index in [1.54, 1.807) is 0 Å². The maximum Gasteiger partial charge on any atom is -0.0326 e. The van der Waals surface area contributed by atoms with Crippen LogP contribution in [0.5, 0.6) is 0 Å². The summed E-state index contributed by atoms with van der Waals surface area (Å²) < 4.78 is 0. The summed E-state index contributed by atoms with van der Waals surface area (Å²) >= 11 is 0. The minimum absolute atomic E-state index is 0.531. The smallest absolute Gasteiger partial charge is 0.0326 e. The largest absolute Gasteiger partial charge is 0.0654 e. The molecule has 0 nitrogen and oxygen atoms in total. The lowest BCUT2D eigenvalue weighted by Gasteiger charge is -2.36. The fourth-order valence-electron chi connectivity index (χ4n) is 2.36. The maximum atomic E-state index is 2.45. The molecule has 2 atom stereocenters. The summed E-state index contributed by atoms with van der Waals surface area (Å²) in [4.78, 5) is 0. The fourth-order valence-corrected chi connectivity index (χ4v) is 2.36. The van der Waals surface area contributed by atoms with Crippen LogP contribution in [0.2, 0.25) is 0 Å². The van der Waals surface area contributed by atoms with Crippen LogP contribution >= 0.6 is 0 Å². The Bertz CT molecular complexity index is 146. The summed E-state index contributed by atoms with van der Waals surface area (Å²) in [6.45, 7) is 14.3. The standard InChI is InChI=1S/C15H32/c1-7-9-10-11-12-15(5,6)14(4)13(3)8-2/h13-14H,7-12H2,1-6H3. The van der Waals surface area contributed by atoms with E-state index in [1.165, 1.54) is 38.5 Å². The van der Waals surface area contributed by atoms with Crippen LogP contribution in [0.1, 0.15) is 80.1 Å². The molecule has 15 heavy (non-hydrogen) atoms. The van der Waals surface area contributed by atoms with E-state index in [0.717, 1.165) is 11.8 Å². The van der Waals surface area contributed by atoms with E-state index in [2.05, 4.69) is 41.5 Å². The first kappa shape index (κ1) is 15.0. The van der Waals surface area contributed by atoms with E-state index in [-0.39, 0.29) is 0 Å². The number of hydrogen-bond donors (Lipinski definition) is 0. The van der Waals surface area contributed by atoms with Crippen molar-refractivity contribution in [1.82, 2.24) is 0 Å². The average molecular weight is 212 g/mol. The van der Waals surface area contributed by atoms with E-state index >= 15 is 0 Å². The van der Waals surface area contributed by atoms with Crippen LogP contribution in [0, 0.1) is 17.3 Å². The summed E-state index contributed by atoms with van der Waals surface area (Å²) in [5.74, 6) is 1.72. The van der Waals surface area contributed by atoms with Gasteiger partial charge in [-0.1, -0.05) is 73.6 Å². The van der Waals surface area contributed by atoms with Gasteiger partial charge in [0.15, 0.2) is 0 Å². The van der Waals surface area contributed by atoms with Gasteiger partial charge in [0.25, 0.3) is 0 Å². The minimum Gasteiger partial charge on any atom is -0.0654 e. The first-order valence-corrected chi connectivity index (χ1v) is 6.95. The van der Waals surface area contributed by atoms with Gasteiger partial charge < -0.3 is 0 Å². The fraction of sp³-hybridized carbons (Fsp3) is 1.00. The highest BCUT2D eigenvalue weighted by Gasteiger charge is 2.28. The van der Waals surface area contributed by atoms with E-state index < -0.39 is 0 Å². The molecule has 0 bridgehead atoms. The molecule has 92 valence electrons. The first-order valence-electron chi connectivity index (χ1n) is 6.95. The minimum atomic E-state index is 0.531. The molecule has 0 aliphatic heterocycles. The Hall–Kier alpha value is 0. The predicted octanol–water partition coefficient (Wildman–Crippen LogP) is 5.67. The molecule has 0 saturated carbocycles. The van der Waals surface area contributed by atoms with Gasteiger partial charge >= 0.3 is 0 Å². The van der Waals surface area contributed by atoms with Gasteiger partial charge in [0.2, 0.25) is 0 Å². The monoisotopic (exact) mass is 212 g/mol. The molecule has 0 aromatic carbocycles. The van der Waals surface area contributed by atoms with Crippen LogP contribution < -0.4 is 0 Å². The highest BCUT2D eigenvalue weighted by molar-refractivity contribution is 4.78. The summed E-state index contributed by atoms with van der Waals surface area (Å²) in [5, 5.41) is 0. The molecule has 0 rings (SSSR count). The van der Waals surface area contributed by atoms with Crippen molar-refractivity contribution >= 4 is 0 Å². The van der Waals surface area contributed by atoms with Crippen LogP contribution in [0.4, 0.5) is 0 Å². The molecule has 0 aliphatic carbocycles. The van der Waals surface area contributed by atoms with Crippen molar-refractivity contribution in [3.05, 3.63) is 0 Å². The Kier molecular flexibility index (Phi) is 7.30. The third-order valence-electron chi connectivity index (χ3n) is 4.40. The topological polar surface area (TPSA) is 0 Å². The number of hydrogen-bond acceptors (Lipinski definition) is 0. The lowest BCUT2D eigenvalue weighted by molar-refractivity contribution is 0.145. The normalized spacial score (nSPS) is 16.4. The van der Waals surface area contributed by atoms with Crippen molar-refractivity contribution in [3.63, 3.8) is 0 Å².